The van der Waals surface area contributed by atoms with Crippen molar-refractivity contribution in [3.8, 4) is 0 Å². The van der Waals surface area contributed by atoms with Crippen LogP contribution in [0.4, 0.5) is 22.0 Å². The monoisotopic (exact) mass is 485 g/mol. The summed E-state index contributed by atoms with van der Waals surface area (Å²) in [6.07, 6.45) is 4.49. The maximum atomic E-state index is 14.2. The van der Waals surface area contributed by atoms with E-state index < -0.39 is 44.9 Å². The van der Waals surface area contributed by atoms with Crippen LogP contribution in [-0.2, 0) is 29.9 Å². The largest absolute Gasteiger partial charge is 0.512 e. The number of sulfone groups is 1. The predicted octanol–water partition coefficient (Wildman–Crippen LogP) is 2.83. The molecule has 1 aliphatic rings. The van der Waals surface area contributed by atoms with E-state index in [1.165, 1.54) is 12.1 Å². The van der Waals surface area contributed by atoms with Gasteiger partial charge >= 0.3 is 30.1 Å². The molecule has 0 saturated heterocycles. The van der Waals surface area contributed by atoms with E-state index >= 15 is 0 Å². The molecule has 0 radical (unpaired) electrons. The molecule has 0 aliphatic heterocycles. The first-order valence-corrected chi connectivity index (χ1v) is 12.5. The first kappa shape index (κ1) is 24.0. The van der Waals surface area contributed by atoms with Crippen LogP contribution in [0.1, 0.15) is 43.6 Å². The summed E-state index contributed by atoms with van der Waals surface area (Å²) in [4.78, 5) is -1.18. The normalized spacial score (nSPS) is 18.0. The molecule has 0 aromatic heterocycles. The maximum absolute atomic E-state index is 14.2. The number of hydrogen-bond acceptors (Lipinski definition) is 6. The summed E-state index contributed by atoms with van der Waals surface area (Å²) < 4.78 is 128. The number of halogens is 5. The summed E-state index contributed by atoms with van der Waals surface area (Å²) in [6, 6.07) is 3.85. The van der Waals surface area contributed by atoms with Gasteiger partial charge < -0.3 is 0 Å². The molecule has 0 bridgehead atoms. The van der Waals surface area contributed by atoms with Gasteiger partial charge in [-0.05, 0) is 36.5 Å². The van der Waals surface area contributed by atoms with Gasteiger partial charge in [0.05, 0.1) is 4.90 Å². The highest BCUT2D eigenvalue weighted by Crippen LogP contribution is 2.37. The van der Waals surface area contributed by atoms with Crippen molar-refractivity contribution in [3.63, 3.8) is 0 Å². The summed E-state index contributed by atoms with van der Waals surface area (Å²) in [6.45, 7) is 0. The number of rotatable bonds is 6. The van der Waals surface area contributed by atoms with Gasteiger partial charge in [-0.2, -0.15) is 22.0 Å². The van der Waals surface area contributed by atoms with Gasteiger partial charge in [-0.3, -0.25) is 0 Å². The number of benzene rings is 1. The first-order chi connectivity index (χ1) is 13.0. The van der Waals surface area contributed by atoms with Crippen LogP contribution in [-0.4, -0.2) is 35.3 Å². The molecule has 1 N–H and O–H groups in total. The van der Waals surface area contributed by atoms with Crippen LogP contribution in [0.25, 0.3) is 0 Å². The molecule has 29 heavy (non-hydrogen) atoms. The fourth-order valence-corrected chi connectivity index (χ4v) is 7.32. The molecule has 166 valence electrons. The Kier molecular flexibility index (Phi) is 6.39. The SMILES string of the molecule is O=S(=O)(NS(=O)(=O)C(F)(F)S(=O)(=O)c1ccc(C2CCCCC2)cc1)C(F)(F)F. The average Bonchev–Trinajstić information content (AvgIpc) is 2.60. The lowest BCUT2D eigenvalue weighted by molar-refractivity contribution is -0.0441. The summed E-state index contributed by atoms with van der Waals surface area (Å²) in [5, 5.41) is 0. The molecule has 0 unspecified atom stereocenters. The lowest BCUT2D eigenvalue weighted by atomic mass is 9.84. The lowest BCUT2D eigenvalue weighted by Crippen LogP contribution is -2.50. The Morgan fingerprint density at radius 1 is 0.759 bits per heavy atom. The topological polar surface area (TPSA) is 114 Å². The number of nitrogens with one attached hydrogen (secondary N) is 1. The second-order valence-corrected chi connectivity index (χ2v) is 12.3. The smallest absolute Gasteiger partial charge is 0.216 e. The van der Waals surface area contributed by atoms with Crippen molar-refractivity contribution >= 4 is 29.9 Å². The summed E-state index contributed by atoms with van der Waals surface area (Å²) in [7, 11) is -19.7. The third kappa shape index (κ3) is 4.56. The van der Waals surface area contributed by atoms with Crippen molar-refractivity contribution in [3.05, 3.63) is 29.8 Å². The molecule has 1 aromatic carbocycles. The molecular weight excluding hydrogens is 469 g/mol. The van der Waals surface area contributed by atoms with E-state index in [1.807, 2.05) is 0 Å². The zero-order valence-electron chi connectivity index (χ0n) is 14.5. The van der Waals surface area contributed by atoms with Gasteiger partial charge in [0, 0.05) is 0 Å². The summed E-state index contributed by atoms with van der Waals surface area (Å²) in [5.74, 6) is 0.0725. The number of hydrogen-bond donors (Lipinski definition) is 1. The molecule has 0 heterocycles. The minimum Gasteiger partial charge on any atom is -0.216 e. The van der Waals surface area contributed by atoms with Crippen molar-refractivity contribution < 1.29 is 47.2 Å². The van der Waals surface area contributed by atoms with E-state index in [9.17, 15) is 47.2 Å². The molecule has 1 saturated carbocycles. The Bertz CT molecular complexity index is 1060. The van der Waals surface area contributed by atoms with Crippen molar-refractivity contribution in [1.29, 1.82) is 0 Å². The molecule has 15 heteroatoms. The van der Waals surface area contributed by atoms with Crippen molar-refractivity contribution in [1.82, 2.24) is 4.13 Å². The molecular formula is C14H16F5NO6S3. The van der Waals surface area contributed by atoms with Gasteiger partial charge in [-0.1, -0.05) is 35.5 Å². The van der Waals surface area contributed by atoms with Crippen LogP contribution in [0.3, 0.4) is 0 Å². The molecule has 0 atom stereocenters. The number of sulfonamides is 2. The summed E-state index contributed by atoms with van der Waals surface area (Å²) in [5.41, 5.74) is -5.60. The highest BCUT2D eigenvalue weighted by molar-refractivity contribution is 8.14. The van der Waals surface area contributed by atoms with Gasteiger partial charge in [0.1, 0.15) is 0 Å². The molecule has 1 aromatic rings. The Labute approximate surface area is 164 Å². The average molecular weight is 485 g/mol. The lowest BCUT2D eigenvalue weighted by Gasteiger charge is -2.22. The molecule has 2 rings (SSSR count). The third-order valence-electron chi connectivity index (χ3n) is 4.42. The Balaban J connectivity index is 2.37. The highest BCUT2D eigenvalue weighted by Gasteiger charge is 2.62. The van der Waals surface area contributed by atoms with Gasteiger partial charge in [0.25, 0.3) is 9.84 Å². The molecule has 7 nitrogen and oxygen atoms in total. The van der Waals surface area contributed by atoms with Crippen LogP contribution in [0.15, 0.2) is 29.2 Å². The standard InChI is InChI=1S/C14H16F5NO6S3/c15-13(16,17)28(23,24)20-29(25,26)14(18,19)27(21,22)12-8-6-11(7-9-12)10-4-2-1-3-5-10/h6-10,20H,1-5H2. The minimum absolute atomic E-state index is 0.0725. The van der Waals surface area contributed by atoms with E-state index in [2.05, 4.69) is 0 Å². The molecule has 1 fully saturated rings. The molecule has 0 spiro atoms. The van der Waals surface area contributed by atoms with Gasteiger partial charge in [-0.25, -0.2) is 25.3 Å². The Morgan fingerprint density at radius 2 is 1.24 bits per heavy atom. The summed E-state index contributed by atoms with van der Waals surface area (Å²) >= 11 is 0. The quantitative estimate of drug-likeness (QED) is 0.620. The highest BCUT2D eigenvalue weighted by atomic mass is 32.3. The zero-order valence-corrected chi connectivity index (χ0v) is 16.9. The van der Waals surface area contributed by atoms with Crippen LogP contribution < -0.4 is 4.13 Å². The Hall–Kier alpha value is -1.32. The van der Waals surface area contributed by atoms with E-state index in [-0.39, 0.29) is 10.0 Å². The van der Waals surface area contributed by atoms with Crippen molar-refractivity contribution in [2.75, 3.05) is 0 Å². The van der Waals surface area contributed by atoms with E-state index in [4.69, 9.17) is 0 Å². The van der Waals surface area contributed by atoms with Gasteiger partial charge in [0.2, 0.25) is 0 Å². The van der Waals surface area contributed by atoms with E-state index in [1.54, 1.807) is 0 Å². The van der Waals surface area contributed by atoms with Crippen LogP contribution in [0.2, 0.25) is 0 Å². The van der Waals surface area contributed by atoms with Crippen LogP contribution in [0, 0.1) is 0 Å². The maximum Gasteiger partial charge on any atom is 0.512 e. The van der Waals surface area contributed by atoms with Crippen LogP contribution >= 0.6 is 0 Å². The van der Waals surface area contributed by atoms with E-state index in [0.29, 0.717) is 17.7 Å². The second kappa shape index (κ2) is 7.74. The zero-order chi connectivity index (χ0) is 22.3. The van der Waals surface area contributed by atoms with Crippen molar-refractivity contribution in [2.45, 2.75) is 53.0 Å². The van der Waals surface area contributed by atoms with Crippen LogP contribution in [0.5, 0.6) is 0 Å². The van der Waals surface area contributed by atoms with Crippen molar-refractivity contribution in [2.24, 2.45) is 0 Å². The fraction of sp³-hybridized carbons (Fsp3) is 0.571. The Morgan fingerprint density at radius 3 is 1.69 bits per heavy atom. The minimum atomic E-state index is -6.82. The van der Waals surface area contributed by atoms with Gasteiger partial charge in [0.15, 0.2) is 0 Å². The third-order valence-corrected chi connectivity index (χ3v) is 10.2. The molecule has 0 amide bonds. The van der Waals surface area contributed by atoms with Gasteiger partial charge in [-0.15, -0.1) is 0 Å². The molecule has 1 aliphatic carbocycles. The number of alkyl halides is 5. The first-order valence-electron chi connectivity index (χ1n) is 8.10. The second-order valence-electron chi connectivity index (χ2n) is 6.41. The fourth-order valence-electron chi connectivity index (χ4n) is 2.88. The predicted molar refractivity (Wildman–Crippen MR) is 91.4 cm³/mol. The van der Waals surface area contributed by atoms with E-state index in [0.717, 1.165) is 32.1 Å².